The van der Waals surface area contributed by atoms with Gasteiger partial charge in [-0.15, -0.1) is 22.7 Å². The van der Waals surface area contributed by atoms with Gasteiger partial charge in [0.2, 0.25) is 0 Å². The first-order valence-corrected chi connectivity index (χ1v) is 48.5. The summed E-state index contributed by atoms with van der Waals surface area (Å²) in [4.78, 5) is 9.80. The Morgan fingerprint density at radius 3 is 1.24 bits per heavy atom. The van der Waals surface area contributed by atoms with Crippen LogP contribution in [0.25, 0.3) is 104 Å². The van der Waals surface area contributed by atoms with Gasteiger partial charge in [0.1, 0.15) is 27.9 Å². The first-order valence-electron chi connectivity index (χ1n) is 42.2. The van der Waals surface area contributed by atoms with Crippen molar-refractivity contribution in [3.63, 3.8) is 0 Å². The third kappa shape index (κ3) is 25.9. The summed E-state index contributed by atoms with van der Waals surface area (Å²) in [5, 5.41) is 22.9. The SMILES string of the molecule is CCCCCCCCCCCCC(CCCCCCCCCC)Cc1cc(-c2c(F)c3c(cc(-c4cc(CC(CCCCCCCCCC)CCCCCCCCCCCC)c(-c5cc(F)c(-c6[c-]cc(-c7cc(CO)c(-c8cc(F)c(-c9[c-]cc(C)s9)s8)cc7CO)s6)s5)s4)c4nsnc43)c3nsnc23)sc1C.[Y].[Y]. The van der Waals surface area contributed by atoms with Gasteiger partial charge in [0.15, 0.2) is 0 Å². The first kappa shape index (κ1) is 92.6. The summed E-state index contributed by atoms with van der Waals surface area (Å²) in [5.41, 5.74) is 8.92. The van der Waals surface area contributed by atoms with Gasteiger partial charge in [-0.2, -0.15) is 64.4 Å². The van der Waals surface area contributed by atoms with Crippen molar-refractivity contribution in [2.75, 3.05) is 0 Å². The number of aliphatic hydroxyl groups is 2. The van der Waals surface area contributed by atoms with Crippen molar-refractivity contribution in [2.45, 2.75) is 324 Å². The summed E-state index contributed by atoms with van der Waals surface area (Å²) in [6.45, 7) is 12.8. The molecule has 0 amide bonds. The zero-order valence-corrected chi connectivity index (χ0v) is 79.4. The van der Waals surface area contributed by atoms with Crippen molar-refractivity contribution >= 4 is 124 Å². The molecule has 11 aromatic rings. The maximum absolute atomic E-state index is 18.4. The second-order valence-corrected chi connectivity index (χ2v) is 39.0. The van der Waals surface area contributed by atoms with E-state index in [2.05, 4.69) is 65.0 Å². The maximum Gasteiger partial charge on any atom is 0.144 e. The van der Waals surface area contributed by atoms with Crippen LogP contribution in [0.3, 0.4) is 0 Å². The number of nitrogens with zero attached hydrogens (tertiary/aromatic N) is 4. The molecule has 0 saturated carbocycles. The minimum Gasteiger partial charge on any atom is -0.392 e. The average molecular weight is 1800 g/mol. The van der Waals surface area contributed by atoms with Gasteiger partial charge in [-0.1, -0.05) is 323 Å². The van der Waals surface area contributed by atoms with Gasteiger partial charge >= 0.3 is 0 Å². The summed E-state index contributed by atoms with van der Waals surface area (Å²) in [5.74, 6) is 0.0317. The van der Waals surface area contributed by atoms with Gasteiger partial charge < -0.3 is 10.2 Å². The van der Waals surface area contributed by atoms with Gasteiger partial charge in [-0.25, -0.2) is 35.8 Å². The first-order chi connectivity index (χ1) is 53.4. The Morgan fingerprint density at radius 2 is 0.757 bits per heavy atom. The zero-order valence-electron chi connectivity index (χ0n) is 67.2. The molecule has 0 aliphatic heterocycles. The number of unbranched alkanes of at least 4 members (excludes halogenated alkanes) is 32. The van der Waals surface area contributed by atoms with Gasteiger partial charge in [-0.3, -0.25) is 0 Å². The number of halogens is 3. The number of hydrogen-bond acceptors (Lipinski definition) is 14. The number of rotatable bonds is 53. The van der Waals surface area contributed by atoms with E-state index in [1.54, 1.807) is 28.7 Å². The van der Waals surface area contributed by atoms with Crippen LogP contribution in [0.5, 0.6) is 0 Å². The van der Waals surface area contributed by atoms with E-state index in [0.717, 1.165) is 88.8 Å². The molecule has 3 aromatic carbocycles. The van der Waals surface area contributed by atoms with Gasteiger partial charge in [0.05, 0.1) is 53.9 Å². The molecule has 19 heteroatoms. The Hall–Kier alpha value is -2.32. The maximum atomic E-state index is 18.4. The van der Waals surface area contributed by atoms with Crippen molar-refractivity contribution in [3.8, 4) is 71.0 Å². The molecule has 8 heterocycles. The number of aromatic nitrogens is 4. The minimum absolute atomic E-state index is 0. The predicted molar refractivity (Wildman–Crippen MR) is 472 cm³/mol. The molecule has 0 bridgehead atoms. The summed E-state index contributed by atoms with van der Waals surface area (Å²) in [7, 11) is 0. The summed E-state index contributed by atoms with van der Waals surface area (Å²) in [6.07, 6.45) is 53.7. The van der Waals surface area contributed by atoms with Gasteiger partial charge in [-0.05, 0) is 106 Å². The predicted octanol–water partition coefficient (Wildman–Crippen LogP) is 32.5. The fourth-order valence-corrected chi connectivity index (χ4v) is 24.0. The summed E-state index contributed by atoms with van der Waals surface area (Å²) >= 11 is 11.3. The topological polar surface area (TPSA) is 92.0 Å². The van der Waals surface area contributed by atoms with Gasteiger partial charge in [0, 0.05) is 111 Å². The molecule has 0 aliphatic carbocycles. The summed E-state index contributed by atoms with van der Waals surface area (Å²) in [6, 6.07) is 24.0. The van der Waals surface area contributed by atoms with Crippen LogP contribution in [-0.4, -0.2) is 27.7 Å². The molecule has 8 aromatic heterocycles. The summed E-state index contributed by atoms with van der Waals surface area (Å²) < 4.78 is 71.3. The average Bonchev–Trinajstić information content (AvgIpc) is 1.61. The second-order valence-electron chi connectivity index (χ2n) is 31.2. The molecule has 0 saturated heterocycles. The van der Waals surface area contributed by atoms with E-state index in [4.69, 9.17) is 17.5 Å². The molecule has 2 N–H and O–H groups in total. The van der Waals surface area contributed by atoms with Crippen molar-refractivity contribution in [1.29, 1.82) is 0 Å². The third-order valence-electron chi connectivity index (χ3n) is 22.6. The van der Waals surface area contributed by atoms with Crippen LogP contribution in [0.15, 0.2) is 54.6 Å². The van der Waals surface area contributed by atoms with E-state index in [1.165, 1.54) is 311 Å². The monoisotopic (exact) mass is 1800 g/mol. The van der Waals surface area contributed by atoms with E-state index in [9.17, 15) is 10.2 Å². The van der Waals surface area contributed by atoms with Crippen LogP contribution in [0, 0.1) is 55.3 Å². The Balaban J connectivity index is 0.00000708. The quantitative estimate of drug-likeness (QED) is 0.0292. The minimum atomic E-state index is -0.349. The Kier molecular flexibility index (Phi) is 41.1. The molecule has 111 heavy (non-hydrogen) atoms. The number of aliphatic hydroxyl groups excluding tert-OH is 2. The zero-order chi connectivity index (χ0) is 76.3. The van der Waals surface area contributed by atoms with Crippen LogP contribution >= 0.6 is 91.5 Å². The van der Waals surface area contributed by atoms with Crippen LogP contribution in [0.1, 0.15) is 317 Å². The van der Waals surface area contributed by atoms with Crippen molar-refractivity contribution in [1.82, 2.24) is 17.5 Å². The van der Waals surface area contributed by atoms with Crippen LogP contribution < -0.4 is 0 Å². The largest absolute Gasteiger partial charge is 0.392 e. The standard InChI is InChI=1S/C92H119F3N4O2S8.2Y/c1-7-11-15-19-23-27-29-33-37-40-44-64(43-39-35-31-25-21-17-13-9-3)51-66-55-81(103-63(66)6)84-85(95)83-73(87-89(84)99-109-97-87)57-72(86-88(83)98-108-96-86)79-56-67(52-65(45-41-36-32-26-22-18-14-10-4)46-42-38-34-30-28-24-20-16-12-8-2)90(105-79)82-59-75(94)92(107-82)78-50-49-76(104-78)70-53-69(61-101)71(54-68(70)60-100)80-58-74(93)91(106-80)77-48-47-62(5)102-77;;/h47,49,53-59,64-65,100-101H,7-46,51-52,60-61H2,1-6H3;;/q-2;;. The number of aryl methyl sites for hydroxylation is 2. The van der Waals surface area contributed by atoms with Crippen molar-refractivity contribution in [2.24, 2.45) is 11.8 Å². The fourth-order valence-electron chi connectivity index (χ4n) is 16.3. The Bertz CT molecular complexity index is 4560. The van der Waals surface area contributed by atoms with E-state index < -0.39 is 0 Å². The second kappa shape index (κ2) is 49.3. The molecule has 2 unspecified atom stereocenters. The van der Waals surface area contributed by atoms with Crippen LogP contribution in [0.4, 0.5) is 13.2 Å². The molecule has 596 valence electrons. The number of fused-ring (bicyclic) bond motifs is 5. The smallest absolute Gasteiger partial charge is 0.144 e. The fraction of sp³-hybridized carbons (Fsp3) is 0.565. The Labute approximate surface area is 745 Å². The van der Waals surface area contributed by atoms with Crippen molar-refractivity contribution in [3.05, 3.63) is 116 Å². The molecule has 6 nitrogen and oxygen atoms in total. The third-order valence-corrected chi connectivity index (χ3v) is 30.8. The van der Waals surface area contributed by atoms with Crippen LogP contribution in [0.2, 0.25) is 0 Å². The number of thiophene rings is 6. The van der Waals surface area contributed by atoms with Crippen LogP contribution in [-0.2, 0) is 91.5 Å². The number of hydrogen-bond donors (Lipinski definition) is 2. The van der Waals surface area contributed by atoms with E-state index >= 15 is 13.2 Å². The van der Waals surface area contributed by atoms with E-state index in [-0.39, 0.29) is 96.1 Å². The van der Waals surface area contributed by atoms with E-state index in [1.807, 2.05) is 31.2 Å². The molecular formula is C92H119F3N4O2S8Y2-2. The molecule has 2 atom stereocenters. The normalized spacial score (nSPS) is 12.4. The molecule has 0 spiro atoms. The number of benzene rings is 3. The van der Waals surface area contributed by atoms with E-state index in [0.29, 0.717) is 92.0 Å². The molecule has 2 radical (unpaired) electrons. The molecule has 0 aliphatic rings. The Morgan fingerprint density at radius 1 is 0.360 bits per heavy atom. The molecule has 11 rings (SSSR count). The van der Waals surface area contributed by atoms with Crippen molar-refractivity contribution < 1.29 is 88.8 Å². The molecular weight excluding hydrogens is 1680 g/mol. The van der Waals surface area contributed by atoms with Gasteiger partial charge in [0.25, 0.3) is 0 Å². The molecule has 0 fully saturated rings.